The molecule has 0 bridgehead atoms. The average Bonchev–Trinajstić information content (AvgIpc) is 3.16. The molecule has 0 spiro atoms. The zero-order valence-electron chi connectivity index (χ0n) is 18.3. The van der Waals surface area contributed by atoms with E-state index in [4.69, 9.17) is 11.6 Å². The van der Waals surface area contributed by atoms with Crippen molar-refractivity contribution in [1.82, 2.24) is 9.80 Å². The lowest BCUT2D eigenvalue weighted by molar-refractivity contribution is 0.257. The molecule has 3 aliphatic rings. The van der Waals surface area contributed by atoms with Crippen LogP contribution in [-0.2, 0) is 19.4 Å². The third kappa shape index (κ3) is 4.12. The fourth-order valence-corrected chi connectivity index (χ4v) is 5.17. The maximum absolute atomic E-state index is 13.2. The number of halogens is 1. The Kier molecular flexibility index (Phi) is 5.54. The van der Waals surface area contributed by atoms with Crippen molar-refractivity contribution < 1.29 is 4.79 Å². The van der Waals surface area contributed by atoms with E-state index in [1.54, 1.807) is 0 Å². The summed E-state index contributed by atoms with van der Waals surface area (Å²) < 4.78 is 0. The van der Waals surface area contributed by atoms with Gasteiger partial charge < -0.3 is 20.0 Å². The summed E-state index contributed by atoms with van der Waals surface area (Å²) in [5.74, 6) is 0. The zero-order chi connectivity index (χ0) is 21.5. The number of benzene rings is 2. The summed E-state index contributed by atoms with van der Waals surface area (Å²) in [5, 5.41) is 3.91. The first-order valence-corrected chi connectivity index (χ1v) is 11.5. The van der Waals surface area contributed by atoms with Gasteiger partial charge in [-0.25, -0.2) is 4.79 Å². The monoisotopic (exact) mass is 439 g/mol. The van der Waals surface area contributed by atoms with Crippen LogP contribution in [0.2, 0.25) is 5.02 Å². The summed E-state index contributed by atoms with van der Waals surface area (Å²) in [4.78, 5) is 22.0. The van der Waals surface area contributed by atoms with Gasteiger partial charge in [0.25, 0.3) is 0 Å². The van der Waals surface area contributed by atoms with Crippen LogP contribution in [0.25, 0.3) is 0 Å². The van der Waals surface area contributed by atoms with Gasteiger partial charge in [0.2, 0.25) is 0 Å². The Labute approximate surface area is 189 Å². The summed E-state index contributed by atoms with van der Waals surface area (Å²) in [6.07, 6.45) is 1.90. The predicted octanol–water partition coefficient (Wildman–Crippen LogP) is 3.67. The Morgan fingerprint density at radius 3 is 2.42 bits per heavy atom. The van der Waals surface area contributed by atoms with Crippen molar-refractivity contribution in [2.45, 2.75) is 19.4 Å². The van der Waals surface area contributed by atoms with Crippen LogP contribution in [0.1, 0.15) is 16.7 Å². The summed E-state index contributed by atoms with van der Waals surface area (Å²) in [6.45, 7) is 6.63. The molecule has 0 atom stereocenters. The summed E-state index contributed by atoms with van der Waals surface area (Å²) >= 11 is 6.64. The number of carbonyl (C=O) groups is 1. The van der Waals surface area contributed by atoms with Gasteiger partial charge in [-0.1, -0.05) is 17.7 Å². The van der Waals surface area contributed by atoms with Crippen molar-refractivity contribution >= 4 is 34.7 Å². The second kappa shape index (κ2) is 8.34. The highest BCUT2D eigenvalue weighted by Crippen LogP contribution is 2.38. The highest BCUT2D eigenvalue weighted by molar-refractivity contribution is 6.33. The van der Waals surface area contributed by atoms with Gasteiger partial charge in [0.15, 0.2) is 0 Å². The Bertz CT molecular complexity index is 1000. The topological polar surface area (TPSA) is 42.1 Å². The quantitative estimate of drug-likeness (QED) is 0.775. The summed E-state index contributed by atoms with van der Waals surface area (Å²) in [5.41, 5.74) is 6.70. The van der Waals surface area contributed by atoms with E-state index in [9.17, 15) is 4.79 Å². The van der Waals surface area contributed by atoms with Gasteiger partial charge in [-0.2, -0.15) is 0 Å². The largest absolute Gasteiger partial charge is 0.368 e. The van der Waals surface area contributed by atoms with E-state index in [1.165, 1.54) is 11.1 Å². The van der Waals surface area contributed by atoms with E-state index in [0.29, 0.717) is 6.54 Å². The molecule has 0 unspecified atom stereocenters. The lowest BCUT2D eigenvalue weighted by atomic mass is 9.99. The molecule has 1 saturated heterocycles. The van der Waals surface area contributed by atoms with Crippen LogP contribution in [0.5, 0.6) is 0 Å². The standard InChI is InChI=1S/C24H30ClN5O/c1-27-9-11-29(12-10-27)23-15-22-18(14-21(23)25)6-8-30(22)24(31)26-20-4-3-17-5-7-28(2)16-19(17)13-20/h3-4,13-15H,5-12,16H2,1-2H3,(H,26,31). The van der Waals surface area contributed by atoms with Gasteiger partial charge in [0, 0.05) is 51.5 Å². The number of hydrogen-bond acceptors (Lipinski definition) is 4. The molecule has 0 saturated carbocycles. The minimum atomic E-state index is -0.0745. The second-order valence-electron chi connectivity index (χ2n) is 9.03. The van der Waals surface area contributed by atoms with E-state index in [2.05, 4.69) is 52.3 Å². The lowest BCUT2D eigenvalue weighted by Gasteiger charge is -2.35. The van der Waals surface area contributed by atoms with Crippen LogP contribution in [-0.4, -0.2) is 69.2 Å². The number of likely N-dealkylation sites (N-methyl/N-ethyl adjacent to an activating group) is 2. The van der Waals surface area contributed by atoms with Crippen LogP contribution in [0.3, 0.4) is 0 Å². The van der Waals surface area contributed by atoms with Crippen molar-refractivity contribution in [2.75, 3.05) is 68.5 Å². The van der Waals surface area contributed by atoms with E-state index in [0.717, 1.165) is 79.8 Å². The molecular weight excluding hydrogens is 410 g/mol. The Balaban J connectivity index is 1.35. The third-order valence-electron chi connectivity index (χ3n) is 6.79. The molecule has 3 aliphatic heterocycles. The van der Waals surface area contributed by atoms with Crippen LogP contribution >= 0.6 is 11.6 Å². The van der Waals surface area contributed by atoms with Crippen LogP contribution in [0, 0.1) is 0 Å². The molecule has 3 heterocycles. The Hall–Kier alpha value is -2.28. The first kappa shape index (κ1) is 20.6. The SMILES string of the molecule is CN1CCN(c2cc3c(cc2Cl)CCN3C(=O)Nc2ccc3c(c2)CN(C)CC3)CC1. The van der Waals surface area contributed by atoms with Gasteiger partial charge in [0.05, 0.1) is 16.4 Å². The van der Waals surface area contributed by atoms with Gasteiger partial charge in [-0.15, -0.1) is 0 Å². The van der Waals surface area contributed by atoms with Crippen LogP contribution in [0.4, 0.5) is 21.9 Å². The first-order valence-electron chi connectivity index (χ1n) is 11.1. The number of hydrogen-bond donors (Lipinski definition) is 1. The Morgan fingerprint density at radius 1 is 0.839 bits per heavy atom. The van der Waals surface area contributed by atoms with Gasteiger partial charge in [-0.05, 0) is 67.9 Å². The Morgan fingerprint density at radius 2 is 1.61 bits per heavy atom. The lowest BCUT2D eigenvalue weighted by Crippen LogP contribution is -2.44. The average molecular weight is 440 g/mol. The molecule has 31 heavy (non-hydrogen) atoms. The number of nitrogens with zero attached hydrogens (tertiary/aromatic N) is 4. The molecule has 164 valence electrons. The molecule has 2 aromatic rings. The predicted molar refractivity (Wildman–Crippen MR) is 128 cm³/mol. The summed E-state index contributed by atoms with van der Waals surface area (Å²) in [6, 6.07) is 10.4. The molecule has 0 radical (unpaired) electrons. The number of anilines is 3. The minimum Gasteiger partial charge on any atom is -0.368 e. The molecular formula is C24H30ClN5O. The molecule has 7 heteroatoms. The highest BCUT2D eigenvalue weighted by atomic mass is 35.5. The number of urea groups is 1. The van der Waals surface area contributed by atoms with E-state index in [-0.39, 0.29) is 6.03 Å². The zero-order valence-corrected chi connectivity index (χ0v) is 19.1. The number of fused-ring (bicyclic) bond motifs is 2. The number of nitrogens with one attached hydrogen (secondary N) is 1. The highest BCUT2D eigenvalue weighted by Gasteiger charge is 2.28. The molecule has 1 N–H and O–H groups in total. The molecule has 5 rings (SSSR count). The third-order valence-corrected chi connectivity index (χ3v) is 7.10. The maximum atomic E-state index is 13.2. The van der Waals surface area contributed by atoms with Gasteiger partial charge in [0.1, 0.15) is 0 Å². The maximum Gasteiger partial charge on any atom is 0.326 e. The van der Waals surface area contributed by atoms with Gasteiger partial charge in [-0.3, -0.25) is 4.90 Å². The normalized spacial score (nSPS) is 19.3. The van der Waals surface area contributed by atoms with E-state index >= 15 is 0 Å². The van der Waals surface area contributed by atoms with Crippen molar-refractivity contribution in [3.8, 4) is 0 Å². The molecule has 2 aromatic carbocycles. The smallest absolute Gasteiger partial charge is 0.326 e. The van der Waals surface area contributed by atoms with E-state index in [1.807, 2.05) is 17.0 Å². The number of rotatable bonds is 2. The molecule has 6 nitrogen and oxygen atoms in total. The van der Waals surface area contributed by atoms with Crippen molar-refractivity contribution in [1.29, 1.82) is 0 Å². The fraction of sp³-hybridized carbons (Fsp3) is 0.458. The minimum absolute atomic E-state index is 0.0745. The second-order valence-corrected chi connectivity index (χ2v) is 9.43. The molecule has 1 fully saturated rings. The number of piperazine rings is 1. The number of amides is 2. The van der Waals surface area contributed by atoms with Crippen molar-refractivity contribution in [2.24, 2.45) is 0 Å². The molecule has 0 aromatic heterocycles. The molecule has 0 aliphatic carbocycles. The van der Waals surface area contributed by atoms with Crippen LogP contribution < -0.4 is 15.1 Å². The van der Waals surface area contributed by atoms with E-state index < -0.39 is 0 Å². The van der Waals surface area contributed by atoms with Crippen LogP contribution in [0.15, 0.2) is 30.3 Å². The number of carbonyl (C=O) groups excluding carboxylic acids is 1. The first-order chi connectivity index (χ1) is 15.0. The summed E-state index contributed by atoms with van der Waals surface area (Å²) in [7, 11) is 4.28. The fourth-order valence-electron chi connectivity index (χ4n) is 4.86. The van der Waals surface area contributed by atoms with Crippen molar-refractivity contribution in [3.05, 3.63) is 52.0 Å². The molecule has 2 amide bonds. The van der Waals surface area contributed by atoms with Crippen molar-refractivity contribution in [3.63, 3.8) is 0 Å². The van der Waals surface area contributed by atoms with Gasteiger partial charge >= 0.3 is 6.03 Å².